The van der Waals surface area contributed by atoms with Crippen LogP contribution in [0.2, 0.25) is 0 Å². The van der Waals surface area contributed by atoms with E-state index in [2.05, 4.69) is 26.6 Å². The van der Waals surface area contributed by atoms with Gasteiger partial charge >= 0.3 is 6.03 Å². The first-order valence-corrected chi connectivity index (χ1v) is 9.08. The smallest absolute Gasteiger partial charge is 0.321 e. The van der Waals surface area contributed by atoms with E-state index in [1.165, 1.54) is 0 Å². The minimum Gasteiger partial charge on any atom is -0.326 e. The number of halogens is 1. The number of carbonyl (C=O) groups excluding carboxylic acids is 2. The van der Waals surface area contributed by atoms with Gasteiger partial charge in [0, 0.05) is 28.9 Å². The van der Waals surface area contributed by atoms with E-state index in [0.717, 1.165) is 28.7 Å². The standard InChI is InChI=1S/C19H20BrN3O2/c20-15-7-4-10-17(12-15)21-18(24)14-6-5-11-23(13-14)19(25)22-16-8-2-1-3-9-16/h1-4,7-10,12,14H,5-6,11,13H2,(H,21,24)(H,22,25)/t14-/m1/s1. The van der Waals surface area contributed by atoms with Crippen LogP contribution in [-0.2, 0) is 4.79 Å². The second-order valence-electron chi connectivity index (χ2n) is 6.08. The summed E-state index contributed by atoms with van der Waals surface area (Å²) in [6.07, 6.45) is 1.60. The minimum atomic E-state index is -0.200. The van der Waals surface area contributed by atoms with Crippen molar-refractivity contribution in [2.45, 2.75) is 12.8 Å². The van der Waals surface area contributed by atoms with E-state index >= 15 is 0 Å². The van der Waals surface area contributed by atoms with E-state index in [9.17, 15) is 9.59 Å². The lowest BCUT2D eigenvalue weighted by Crippen LogP contribution is -2.45. The maximum absolute atomic E-state index is 12.5. The van der Waals surface area contributed by atoms with Crippen molar-refractivity contribution in [2.75, 3.05) is 23.7 Å². The fraction of sp³-hybridized carbons (Fsp3) is 0.263. The van der Waals surface area contributed by atoms with Crippen molar-refractivity contribution in [2.24, 2.45) is 5.92 Å². The van der Waals surface area contributed by atoms with Gasteiger partial charge < -0.3 is 15.5 Å². The molecule has 0 bridgehead atoms. The topological polar surface area (TPSA) is 61.4 Å². The summed E-state index contributed by atoms with van der Waals surface area (Å²) in [5.41, 5.74) is 1.51. The lowest BCUT2D eigenvalue weighted by atomic mass is 9.97. The minimum absolute atomic E-state index is 0.0460. The Bertz CT molecular complexity index is 751. The van der Waals surface area contributed by atoms with Crippen LogP contribution in [0, 0.1) is 5.92 Å². The average molecular weight is 402 g/mol. The van der Waals surface area contributed by atoms with Gasteiger partial charge in [-0.2, -0.15) is 0 Å². The number of rotatable bonds is 3. The molecule has 1 aliphatic rings. The predicted molar refractivity (Wildman–Crippen MR) is 103 cm³/mol. The molecule has 3 amide bonds. The molecule has 25 heavy (non-hydrogen) atoms. The number of benzene rings is 2. The zero-order chi connectivity index (χ0) is 17.6. The van der Waals surface area contributed by atoms with Gasteiger partial charge in [-0.3, -0.25) is 4.79 Å². The number of urea groups is 1. The molecular formula is C19H20BrN3O2. The second kappa shape index (κ2) is 8.16. The molecule has 0 aliphatic carbocycles. The zero-order valence-corrected chi connectivity index (χ0v) is 15.3. The monoisotopic (exact) mass is 401 g/mol. The third kappa shape index (κ3) is 4.82. The fourth-order valence-corrected chi connectivity index (χ4v) is 3.31. The predicted octanol–water partition coefficient (Wildman–Crippen LogP) is 4.33. The van der Waals surface area contributed by atoms with Crippen molar-refractivity contribution in [3.05, 3.63) is 59.1 Å². The summed E-state index contributed by atoms with van der Waals surface area (Å²) in [5, 5.41) is 5.81. The molecule has 0 saturated carbocycles. The van der Waals surface area contributed by atoms with Gasteiger partial charge in [-0.25, -0.2) is 4.79 Å². The van der Waals surface area contributed by atoms with E-state index in [1.807, 2.05) is 54.6 Å². The van der Waals surface area contributed by atoms with Crippen LogP contribution in [0.25, 0.3) is 0 Å². The average Bonchev–Trinajstić information content (AvgIpc) is 2.62. The summed E-state index contributed by atoms with van der Waals surface area (Å²) in [7, 11) is 0. The number of amides is 3. The molecule has 5 nitrogen and oxygen atoms in total. The van der Waals surface area contributed by atoms with E-state index in [4.69, 9.17) is 0 Å². The molecule has 1 aliphatic heterocycles. The highest BCUT2D eigenvalue weighted by atomic mass is 79.9. The molecule has 130 valence electrons. The summed E-state index contributed by atoms with van der Waals surface area (Å²) in [6.45, 7) is 1.10. The molecule has 2 aromatic rings. The summed E-state index contributed by atoms with van der Waals surface area (Å²) in [5.74, 6) is -0.246. The van der Waals surface area contributed by atoms with Crippen LogP contribution >= 0.6 is 15.9 Å². The van der Waals surface area contributed by atoms with Crippen LogP contribution in [0.15, 0.2) is 59.1 Å². The Hall–Kier alpha value is -2.34. The number of nitrogens with zero attached hydrogens (tertiary/aromatic N) is 1. The van der Waals surface area contributed by atoms with Gasteiger partial charge in [-0.15, -0.1) is 0 Å². The summed E-state index contributed by atoms with van der Waals surface area (Å²) < 4.78 is 0.915. The first kappa shape index (κ1) is 17.5. The highest BCUT2D eigenvalue weighted by molar-refractivity contribution is 9.10. The number of hydrogen-bond donors (Lipinski definition) is 2. The number of nitrogens with one attached hydrogen (secondary N) is 2. The SMILES string of the molecule is O=C(Nc1cccc(Br)c1)[C@@H]1CCCN(C(=O)Nc2ccccc2)C1. The van der Waals surface area contributed by atoms with Gasteiger partial charge in [0.1, 0.15) is 0 Å². The Morgan fingerprint density at radius 1 is 1.00 bits per heavy atom. The van der Waals surface area contributed by atoms with E-state index < -0.39 is 0 Å². The Morgan fingerprint density at radius 2 is 1.76 bits per heavy atom. The van der Waals surface area contributed by atoms with E-state index in [1.54, 1.807) is 4.90 Å². The quantitative estimate of drug-likeness (QED) is 0.803. The molecule has 0 spiro atoms. The van der Waals surface area contributed by atoms with Gasteiger partial charge in [0.2, 0.25) is 5.91 Å². The summed E-state index contributed by atoms with van der Waals surface area (Å²) in [4.78, 5) is 26.6. The van der Waals surface area contributed by atoms with Gasteiger partial charge in [0.15, 0.2) is 0 Å². The summed E-state index contributed by atoms with van der Waals surface area (Å²) in [6, 6.07) is 16.7. The Kier molecular flexibility index (Phi) is 5.71. The van der Waals surface area contributed by atoms with Crippen LogP contribution in [0.5, 0.6) is 0 Å². The lowest BCUT2D eigenvalue weighted by molar-refractivity contribution is -0.121. The van der Waals surface area contributed by atoms with Crippen molar-refractivity contribution in [3.8, 4) is 0 Å². The molecule has 3 rings (SSSR count). The van der Waals surface area contributed by atoms with E-state index in [-0.39, 0.29) is 17.9 Å². The molecule has 0 aromatic heterocycles. The van der Waals surface area contributed by atoms with Gasteiger partial charge in [-0.1, -0.05) is 40.2 Å². The van der Waals surface area contributed by atoms with Gasteiger partial charge in [-0.05, 0) is 43.2 Å². The van der Waals surface area contributed by atoms with Crippen LogP contribution in [-0.4, -0.2) is 29.9 Å². The largest absolute Gasteiger partial charge is 0.326 e. The Morgan fingerprint density at radius 3 is 2.52 bits per heavy atom. The second-order valence-corrected chi connectivity index (χ2v) is 7.00. The summed E-state index contributed by atoms with van der Waals surface area (Å²) >= 11 is 3.40. The number of likely N-dealkylation sites (tertiary alicyclic amines) is 1. The molecular weight excluding hydrogens is 382 g/mol. The first-order chi connectivity index (χ1) is 12.1. The van der Waals surface area contributed by atoms with Gasteiger partial charge in [0.25, 0.3) is 0 Å². The maximum Gasteiger partial charge on any atom is 0.321 e. The molecule has 1 fully saturated rings. The number of hydrogen-bond acceptors (Lipinski definition) is 2. The molecule has 1 atom stereocenters. The molecule has 1 saturated heterocycles. The number of carbonyl (C=O) groups is 2. The zero-order valence-electron chi connectivity index (χ0n) is 13.7. The van der Waals surface area contributed by atoms with Crippen molar-refractivity contribution < 1.29 is 9.59 Å². The Labute approximate surface area is 155 Å². The van der Waals surface area contributed by atoms with E-state index in [0.29, 0.717) is 13.1 Å². The van der Waals surface area contributed by atoms with Crippen LogP contribution in [0.1, 0.15) is 12.8 Å². The van der Waals surface area contributed by atoms with Crippen LogP contribution < -0.4 is 10.6 Å². The van der Waals surface area contributed by atoms with Crippen molar-refractivity contribution >= 4 is 39.2 Å². The third-order valence-corrected chi connectivity index (χ3v) is 4.69. The number of para-hydroxylation sites is 1. The normalized spacial score (nSPS) is 17.0. The van der Waals surface area contributed by atoms with Crippen LogP contribution in [0.3, 0.4) is 0 Å². The number of anilines is 2. The number of piperidine rings is 1. The highest BCUT2D eigenvalue weighted by Crippen LogP contribution is 2.21. The fourth-order valence-electron chi connectivity index (χ4n) is 2.91. The highest BCUT2D eigenvalue weighted by Gasteiger charge is 2.28. The third-order valence-electron chi connectivity index (χ3n) is 4.20. The van der Waals surface area contributed by atoms with Crippen molar-refractivity contribution in [1.29, 1.82) is 0 Å². The maximum atomic E-state index is 12.5. The molecule has 2 aromatic carbocycles. The molecule has 0 unspecified atom stereocenters. The van der Waals surface area contributed by atoms with Crippen LogP contribution in [0.4, 0.5) is 16.2 Å². The lowest BCUT2D eigenvalue weighted by Gasteiger charge is -2.32. The van der Waals surface area contributed by atoms with Crippen molar-refractivity contribution in [1.82, 2.24) is 4.90 Å². The Balaban J connectivity index is 1.58. The van der Waals surface area contributed by atoms with Gasteiger partial charge in [0.05, 0.1) is 5.92 Å². The molecule has 2 N–H and O–H groups in total. The first-order valence-electron chi connectivity index (χ1n) is 8.29. The molecule has 0 radical (unpaired) electrons. The molecule has 1 heterocycles. The van der Waals surface area contributed by atoms with Crippen molar-refractivity contribution in [3.63, 3.8) is 0 Å². The molecule has 6 heteroatoms.